The molecule has 5 N–H and O–H groups in total. The first-order valence-electron chi connectivity index (χ1n) is 6.81. The van der Waals surface area contributed by atoms with Crippen molar-refractivity contribution < 1.29 is 50.8 Å². The first kappa shape index (κ1) is 22.4. The second-order valence-corrected chi connectivity index (χ2v) is 4.50. The third-order valence-electron chi connectivity index (χ3n) is 2.87. The minimum absolute atomic E-state index is 0. The van der Waals surface area contributed by atoms with E-state index in [0.29, 0.717) is 6.54 Å². The Morgan fingerprint density at radius 3 is 1.80 bits per heavy atom. The van der Waals surface area contributed by atoms with Gasteiger partial charge in [-0.05, 0) is 30.8 Å². The van der Waals surface area contributed by atoms with E-state index in [0.717, 1.165) is 24.2 Å². The molecule has 2 rings (SSSR count). The van der Waals surface area contributed by atoms with Crippen LogP contribution in [0.1, 0.15) is 36.8 Å². The van der Waals surface area contributed by atoms with E-state index in [1.54, 1.807) is 6.20 Å². The molecule has 1 aromatic carbocycles. The number of hydrogen-bond donors (Lipinski definition) is 4. The summed E-state index contributed by atoms with van der Waals surface area (Å²) in [5.41, 5.74) is 4.60. The molecule has 0 spiro atoms. The van der Waals surface area contributed by atoms with Crippen LogP contribution in [-0.2, 0) is 27.5 Å². The Hall–Kier alpha value is -2.57. The van der Waals surface area contributed by atoms with Gasteiger partial charge in [-0.15, -0.1) is 0 Å². The number of benzene rings is 1. The van der Waals surface area contributed by atoms with Gasteiger partial charge in [0.1, 0.15) is 0 Å². The maximum atomic E-state index is 10.7. The predicted molar refractivity (Wildman–Crippen MR) is 84.3 cm³/mol. The Bertz CT molecular complexity index is 704. The Morgan fingerprint density at radius 1 is 0.880 bits per heavy atom. The van der Waals surface area contributed by atoms with Crippen molar-refractivity contribution in [3.05, 3.63) is 65.0 Å². The second kappa shape index (κ2) is 11.1. The zero-order valence-electron chi connectivity index (χ0n) is 12.9. The number of carboxylic acids is 3. The maximum absolute atomic E-state index is 10.7. The van der Waals surface area contributed by atoms with Crippen LogP contribution >= 0.6 is 0 Å². The number of aromatic nitrogens is 1. The second-order valence-electron chi connectivity index (χ2n) is 4.50. The van der Waals surface area contributed by atoms with E-state index >= 15 is 0 Å². The van der Waals surface area contributed by atoms with Crippen LogP contribution in [0.4, 0.5) is 0 Å². The molecule has 1 aromatic heterocycles. The van der Waals surface area contributed by atoms with Gasteiger partial charge in [-0.25, -0.2) is 14.4 Å². The van der Waals surface area contributed by atoms with Crippen molar-refractivity contribution in [1.29, 1.82) is 0 Å². The van der Waals surface area contributed by atoms with Gasteiger partial charge in [0.2, 0.25) is 0 Å². The molecule has 8 nitrogen and oxygen atoms in total. The van der Waals surface area contributed by atoms with Crippen LogP contribution in [-0.4, -0.2) is 44.8 Å². The fourth-order valence-electron chi connectivity index (χ4n) is 1.83. The Kier molecular flexibility index (Phi) is 9.93. The first-order chi connectivity index (χ1) is 11.4. The van der Waals surface area contributed by atoms with Gasteiger partial charge in [0, 0.05) is 18.3 Å². The van der Waals surface area contributed by atoms with Gasteiger partial charge in [0.05, 0.1) is 16.7 Å². The van der Waals surface area contributed by atoms with Crippen LogP contribution < -0.4 is 5.73 Å². The van der Waals surface area contributed by atoms with Crippen molar-refractivity contribution in [2.24, 2.45) is 5.73 Å². The van der Waals surface area contributed by atoms with E-state index in [9.17, 15) is 14.4 Å². The third kappa shape index (κ3) is 6.82. The first-order valence-corrected chi connectivity index (χ1v) is 6.81. The normalized spacial score (nSPS) is 9.16. The van der Waals surface area contributed by atoms with Gasteiger partial charge in [-0.1, -0.05) is 12.1 Å². The van der Waals surface area contributed by atoms with Crippen LogP contribution in [0.2, 0.25) is 0 Å². The van der Waals surface area contributed by atoms with Gasteiger partial charge < -0.3 is 21.1 Å². The van der Waals surface area contributed by atoms with E-state index in [-0.39, 0.29) is 21.1 Å². The molecule has 0 atom stereocenters. The van der Waals surface area contributed by atoms with Crippen LogP contribution in [0.5, 0.6) is 0 Å². The van der Waals surface area contributed by atoms with Gasteiger partial charge in [0.25, 0.3) is 0 Å². The molecule has 134 valence electrons. The molecular formula is C16H16N2O6Pt+2. The number of carboxylic acid groups (broad SMARTS) is 3. The molecule has 2 aromatic rings. The van der Waals surface area contributed by atoms with E-state index in [1.165, 1.54) is 6.07 Å². The summed E-state index contributed by atoms with van der Waals surface area (Å²) in [4.78, 5) is 36.1. The summed E-state index contributed by atoms with van der Waals surface area (Å²) < 4.78 is 0. The Morgan fingerprint density at radius 2 is 1.44 bits per heavy atom. The number of pyridine rings is 1. The van der Waals surface area contributed by atoms with Crippen molar-refractivity contribution in [2.75, 3.05) is 6.54 Å². The molecule has 0 fully saturated rings. The number of aromatic carboxylic acids is 3. The minimum Gasteiger partial charge on any atom is -0.478 e. The van der Waals surface area contributed by atoms with Crippen molar-refractivity contribution in [3.63, 3.8) is 0 Å². The molecular weight excluding hydrogens is 511 g/mol. The van der Waals surface area contributed by atoms with Gasteiger partial charge in [0.15, 0.2) is 0 Å². The quantitative estimate of drug-likeness (QED) is 0.455. The number of nitrogens with zero attached hydrogens (tertiary/aromatic N) is 1. The average molecular weight is 527 g/mol. The fraction of sp³-hybridized carbons (Fsp3) is 0.125. The van der Waals surface area contributed by atoms with E-state index in [4.69, 9.17) is 21.1 Å². The van der Waals surface area contributed by atoms with Crippen molar-refractivity contribution >= 4 is 17.9 Å². The molecule has 25 heavy (non-hydrogen) atoms. The fourth-order valence-corrected chi connectivity index (χ4v) is 1.83. The molecule has 9 heteroatoms. The monoisotopic (exact) mass is 527 g/mol. The number of rotatable bonds is 5. The predicted octanol–water partition coefficient (Wildman–Crippen LogP) is 1.36. The summed E-state index contributed by atoms with van der Waals surface area (Å²) in [5.74, 6) is -4.53. The Labute approximate surface area is 157 Å². The smallest absolute Gasteiger partial charge is 0.478 e. The number of hydrogen-bond acceptors (Lipinski definition) is 5. The SMILES string of the molecule is NCCc1ccccn1.O=C(O)c1cccc(C(=O)O)c1C(=O)O.[Pt+2]. The minimum atomic E-state index is -1.58. The molecule has 1 heterocycles. The van der Waals surface area contributed by atoms with Crippen LogP contribution in [0, 0.1) is 0 Å². The summed E-state index contributed by atoms with van der Waals surface area (Å²) >= 11 is 0. The van der Waals surface area contributed by atoms with Crippen LogP contribution in [0.3, 0.4) is 0 Å². The van der Waals surface area contributed by atoms with E-state index < -0.39 is 34.6 Å². The average Bonchev–Trinajstić information content (AvgIpc) is 2.55. The summed E-state index contributed by atoms with van der Waals surface area (Å²) in [6.45, 7) is 0.678. The standard InChI is InChI=1S/C9H6O6.C7H10N2.Pt/c10-7(11)4-2-1-3-5(8(12)13)6(4)9(14)15;8-5-4-7-3-1-2-6-9-7;/h1-3H,(H,10,11)(H,12,13)(H,14,15);1-3,6H,4-5,8H2;/q;;+2. The summed E-state index contributed by atoms with van der Waals surface area (Å²) in [6.07, 6.45) is 2.66. The largest absolute Gasteiger partial charge is 2.00 e. The van der Waals surface area contributed by atoms with Gasteiger partial charge in [-0.3, -0.25) is 4.98 Å². The molecule has 0 unspecified atom stereocenters. The zero-order chi connectivity index (χ0) is 18.1. The van der Waals surface area contributed by atoms with Crippen molar-refractivity contribution in [2.45, 2.75) is 6.42 Å². The van der Waals surface area contributed by atoms with E-state index in [2.05, 4.69) is 4.98 Å². The summed E-state index contributed by atoms with van der Waals surface area (Å²) in [5, 5.41) is 26.0. The Balaban J connectivity index is 0.000000495. The molecule has 0 amide bonds. The maximum Gasteiger partial charge on any atom is 2.00 e. The zero-order valence-corrected chi connectivity index (χ0v) is 15.1. The van der Waals surface area contributed by atoms with Crippen molar-refractivity contribution in [1.82, 2.24) is 4.98 Å². The molecule has 0 radical (unpaired) electrons. The number of carbonyl (C=O) groups is 3. The molecule has 0 aliphatic carbocycles. The van der Waals surface area contributed by atoms with Crippen LogP contribution in [0.25, 0.3) is 0 Å². The van der Waals surface area contributed by atoms with Gasteiger partial charge >= 0.3 is 39.0 Å². The summed E-state index contributed by atoms with van der Waals surface area (Å²) in [6, 6.07) is 9.11. The molecule has 0 saturated heterocycles. The van der Waals surface area contributed by atoms with E-state index in [1.807, 2.05) is 18.2 Å². The van der Waals surface area contributed by atoms with Crippen LogP contribution in [0.15, 0.2) is 42.6 Å². The molecule has 0 aliphatic heterocycles. The topological polar surface area (TPSA) is 151 Å². The van der Waals surface area contributed by atoms with Crippen molar-refractivity contribution in [3.8, 4) is 0 Å². The molecule has 0 bridgehead atoms. The molecule has 0 aliphatic rings. The molecule has 0 saturated carbocycles. The number of nitrogens with two attached hydrogens (primary N) is 1. The van der Waals surface area contributed by atoms with Gasteiger partial charge in [-0.2, -0.15) is 0 Å². The third-order valence-corrected chi connectivity index (χ3v) is 2.87. The summed E-state index contributed by atoms with van der Waals surface area (Å²) in [7, 11) is 0.